The van der Waals surface area contributed by atoms with Gasteiger partial charge in [0.05, 0.1) is 44.5 Å². The second kappa shape index (κ2) is 13.6. The lowest BCUT2D eigenvalue weighted by Gasteiger charge is -2.28. The number of benzene rings is 2. The number of anilines is 1. The fraction of sp³-hybridized carbons (Fsp3) is 0.321. The smallest absolute Gasteiger partial charge is 0.252 e. The number of pyridine rings is 1. The molecule has 4 N–H and O–H groups in total. The molecular weight excluding hydrogens is 564 g/mol. The monoisotopic (exact) mass is 591 g/mol. The van der Waals surface area contributed by atoms with Gasteiger partial charge < -0.3 is 35.0 Å². The van der Waals surface area contributed by atoms with Gasteiger partial charge in [-0.15, -0.1) is 0 Å². The van der Waals surface area contributed by atoms with Crippen molar-refractivity contribution >= 4 is 29.1 Å². The molecule has 0 aliphatic carbocycles. The number of aromatic nitrogens is 1. The van der Waals surface area contributed by atoms with Crippen LogP contribution in [0, 0.1) is 5.82 Å². The zero-order valence-corrected chi connectivity index (χ0v) is 22.8. The van der Waals surface area contributed by atoms with E-state index >= 15 is 0 Å². The summed E-state index contributed by atoms with van der Waals surface area (Å²) < 4.78 is 49.9. The summed E-state index contributed by atoms with van der Waals surface area (Å²) >= 11 is 6.30. The summed E-state index contributed by atoms with van der Waals surface area (Å²) in [6.45, 7) is -0.196. The van der Waals surface area contributed by atoms with Crippen LogP contribution in [0.5, 0.6) is 11.5 Å². The van der Waals surface area contributed by atoms with Gasteiger partial charge in [0.25, 0.3) is 11.5 Å². The second-order valence-corrected chi connectivity index (χ2v) is 9.49. The lowest BCUT2D eigenvalue weighted by Crippen LogP contribution is -2.35. The molecule has 0 radical (unpaired) electrons. The lowest BCUT2D eigenvalue weighted by atomic mass is 9.86. The molecule has 1 aliphatic heterocycles. The van der Waals surface area contributed by atoms with Crippen molar-refractivity contribution in [3.63, 3.8) is 0 Å². The Morgan fingerprint density at radius 3 is 2.68 bits per heavy atom. The highest BCUT2D eigenvalue weighted by atomic mass is 35.5. The van der Waals surface area contributed by atoms with E-state index in [2.05, 4.69) is 10.3 Å². The van der Waals surface area contributed by atoms with Crippen LogP contribution in [-0.2, 0) is 14.3 Å². The van der Waals surface area contributed by atoms with Gasteiger partial charge in [0.2, 0.25) is 5.91 Å². The molecule has 2 amide bonds. The first kappa shape index (κ1) is 30.0. The van der Waals surface area contributed by atoms with Gasteiger partial charge in [0.1, 0.15) is 30.6 Å². The third-order valence-electron chi connectivity index (χ3n) is 6.41. The number of amides is 2. The predicted octanol–water partition coefficient (Wildman–Crippen LogP) is 3.82. The SMILES string of the molecule is COc1c[nH]c(=O)c(C(CC2COCCO2)C(=O)Nc2ccc(C(N)=O)c(F)c2)c1-c1cc(Cl)ccc1OCCF. The third-order valence-corrected chi connectivity index (χ3v) is 6.65. The van der Waals surface area contributed by atoms with E-state index < -0.39 is 41.9 Å². The molecule has 4 rings (SSSR count). The fourth-order valence-corrected chi connectivity index (χ4v) is 4.76. The Morgan fingerprint density at radius 2 is 2.02 bits per heavy atom. The minimum Gasteiger partial charge on any atom is -0.495 e. The summed E-state index contributed by atoms with van der Waals surface area (Å²) in [5.41, 5.74) is 4.71. The van der Waals surface area contributed by atoms with Crippen molar-refractivity contribution in [1.29, 1.82) is 0 Å². The number of halogens is 3. The molecule has 2 heterocycles. The molecule has 1 fully saturated rings. The average molecular weight is 592 g/mol. The molecule has 2 unspecified atom stereocenters. The molecule has 1 saturated heterocycles. The number of methoxy groups -OCH3 is 1. The van der Waals surface area contributed by atoms with Gasteiger partial charge >= 0.3 is 0 Å². The fourth-order valence-electron chi connectivity index (χ4n) is 4.58. The highest BCUT2D eigenvalue weighted by molar-refractivity contribution is 6.31. The van der Waals surface area contributed by atoms with Crippen LogP contribution in [0.1, 0.15) is 28.3 Å². The van der Waals surface area contributed by atoms with Gasteiger partial charge in [-0.3, -0.25) is 14.4 Å². The van der Waals surface area contributed by atoms with Crippen LogP contribution >= 0.6 is 11.6 Å². The van der Waals surface area contributed by atoms with E-state index in [4.69, 9.17) is 36.3 Å². The number of H-pyrrole nitrogens is 1. The number of nitrogens with two attached hydrogens (primary N) is 1. The number of hydrogen-bond donors (Lipinski definition) is 3. The maximum absolute atomic E-state index is 14.5. The minimum absolute atomic E-state index is 0.00182. The molecule has 10 nitrogen and oxygen atoms in total. The highest BCUT2D eigenvalue weighted by Gasteiger charge is 2.34. The van der Waals surface area contributed by atoms with Crippen LogP contribution < -0.4 is 26.1 Å². The molecule has 218 valence electrons. The van der Waals surface area contributed by atoms with Crippen molar-refractivity contribution in [1.82, 2.24) is 4.98 Å². The van der Waals surface area contributed by atoms with Crippen molar-refractivity contribution < 1.29 is 37.3 Å². The summed E-state index contributed by atoms with van der Waals surface area (Å²) in [6.07, 6.45) is 0.764. The number of aromatic amines is 1. The van der Waals surface area contributed by atoms with Crippen molar-refractivity contribution in [2.45, 2.75) is 18.4 Å². The van der Waals surface area contributed by atoms with Crippen LogP contribution in [0.25, 0.3) is 11.1 Å². The van der Waals surface area contributed by atoms with Crippen molar-refractivity contribution in [3.05, 3.63) is 74.9 Å². The largest absolute Gasteiger partial charge is 0.495 e. The number of nitrogens with one attached hydrogen (secondary N) is 2. The number of alkyl halides is 1. The number of ether oxygens (including phenoxy) is 4. The molecule has 13 heteroatoms. The van der Waals surface area contributed by atoms with E-state index in [-0.39, 0.29) is 65.1 Å². The molecule has 41 heavy (non-hydrogen) atoms. The normalized spacial score (nSPS) is 15.7. The Bertz CT molecular complexity index is 1480. The first-order chi connectivity index (χ1) is 19.7. The van der Waals surface area contributed by atoms with Crippen LogP contribution in [0.15, 0.2) is 47.4 Å². The quantitative estimate of drug-likeness (QED) is 0.308. The van der Waals surface area contributed by atoms with E-state index in [1.807, 2.05) is 0 Å². The molecule has 2 atom stereocenters. The molecule has 1 aromatic heterocycles. The van der Waals surface area contributed by atoms with Gasteiger partial charge in [-0.05, 0) is 42.8 Å². The van der Waals surface area contributed by atoms with E-state index in [0.29, 0.717) is 12.2 Å². The van der Waals surface area contributed by atoms with E-state index in [1.54, 1.807) is 6.07 Å². The molecule has 3 aromatic rings. The maximum atomic E-state index is 14.5. The van der Waals surface area contributed by atoms with Gasteiger partial charge in [-0.2, -0.15) is 0 Å². The number of carbonyl (C=O) groups excluding carboxylic acids is 2. The standard InChI is InChI=1S/C28H28ClF2N3O7/c1-38-23-13-33-28(37)25(24(23)19-10-15(29)2-5-22(19)41-7-6-30)20(12-17-14-39-8-9-40-17)27(36)34-16-3-4-18(26(32)35)21(31)11-16/h2-5,10-11,13,17,20H,6-9,12,14H2,1H3,(H2,32,35)(H,33,37)(H,34,36). The van der Waals surface area contributed by atoms with E-state index in [0.717, 1.165) is 12.1 Å². The number of primary amides is 1. The minimum atomic E-state index is -1.19. The number of carbonyl (C=O) groups is 2. The maximum Gasteiger partial charge on any atom is 0.252 e. The van der Waals surface area contributed by atoms with E-state index in [9.17, 15) is 23.2 Å². The van der Waals surface area contributed by atoms with Gasteiger partial charge in [-0.25, -0.2) is 8.78 Å². The summed E-state index contributed by atoms with van der Waals surface area (Å²) in [6, 6.07) is 7.99. The van der Waals surface area contributed by atoms with Crippen molar-refractivity contribution in [2.24, 2.45) is 5.73 Å². The van der Waals surface area contributed by atoms with Gasteiger partial charge in [0, 0.05) is 33.6 Å². The van der Waals surface area contributed by atoms with Crippen LogP contribution in [0.4, 0.5) is 14.5 Å². The van der Waals surface area contributed by atoms with Gasteiger partial charge in [-0.1, -0.05) is 11.6 Å². The first-order valence-corrected chi connectivity index (χ1v) is 13.0. The number of hydrogen-bond acceptors (Lipinski definition) is 7. The van der Waals surface area contributed by atoms with Crippen LogP contribution in [0.2, 0.25) is 5.02 Å². The summed E-state index contributed by atoms with van der Waals surface area (Å²) in [5.74, 6) is -3.38. The predicted molar refractivity (Wildman–Crippen MR) is 147 cm³/mol. The second-order valence-electron chi connectivity index (χ2n) is 9.06. The molecule has 0 saturated carbocycles. The van der Waals surface area contributed by atoms with Crippen molar-refractivity contribution in [2.75, 3.05) is 45.5 Å². The van der Waals surface area contributed by atoms with Gasteiger partial charge in [0.15, 0.2) is 0 Å². The average Bonchev–Trinajstić information content (AvgIpc) is 2.95. The van der Waals surface area contributed by atoms with Crippen LogP contribution in [0.3, 0.4) is 0 Å². The third kappa shape index (κ3) is 7.02. The van der Waals surface area contributed by atoms with Crippen LogP contribution in [-0.4, -0.2) is 63.1 Å². The molecular formula is C28H28ClF2N3O7. The Balaban J connectivity index is 1.86. The molecule has 0 bridgehead atoms. The Hall–Kier alpha value is -4.00. The zero-order chi connectivity index (χ0) is 29.5. The molecule has 1 aliphatic rings. The van der Waals surface area contributed by atoms with Crippen molar-refractivity contribution in [3.8, 4) is 22.6 Å². The lowest BCUT2D eigenvalue weighted by molar-refractivity contribution is -0.121. The summed E-state index contributed by atoms with van der Waals surface area (Å²) in [7, 11) is 1.38. The van der Waals surface area contributed by atoms with E-state index in [1.165, 1.54) is 31.5 Å². The highest BCUT2D eigenvalue weighted by Crippen LogP contribution is 2.42. The molecule has 0 spiro atoms. The Morgan fingerprint density at radius 1 is 1.22 bits per heavy atom. The molecule has 2 aromatic carbocycles. The zero-order valence-electron chi connectivity index (χ0n) is 22.0. The summed E-state index contributed by atoms with van der Waals surface area (Å²) in [4.78, 5) is 41.4. The summed E-state index contributed by atoms with van der Waals surface area (Å²) in [5, 5.41) is 2.90. The number of rotatable bonds is 11. The first-order valence-electron chi connectivity index (χ1n) is 12.6. The topological polar surface area (TPSA) is 142 Å². The Kier molecular flexibility index (Phi) is 9.92. The Labute approximate surface area is 238 Å².